The Morgan fingerprint density at radius 1 is 1.04 bits per heavy atom. The third-order valence-electron chi connectivity index (χ3n) is 5.03. The van der Waals surface area contributed by atoms with E-state index in [9.17, 15) is 15.2 Å². The van der Waals surface area contributed by atoms with Gasteiger partial charge in [-0.15, -0.1) is 0 Å². The van der Waals surface area contributed by atoms with Gasteiger partial charge in [-0.25, -0.2) is 0 Å². The Kier molecular flexibility index (Phi) is 5.62. The Morgan fingerprint density at radius 3 is 2.36 bits per heavy atom. The zero-order valence-electron chi connectivity index (χ0n) is 15.8. The van der Waals surface area contributed by atoms with Crippen LogP contribution in [0.5, 0.6) is 5.75 Å². The third kappa shape index (κ3) is 3.19. The Labute approximate surface area is 163 Å². The second-order valence-corrected chi connectivity index (χ2v) is 6.56. The van der Waals surface area contributed by atoms with E-state index in [2.05, 4.69) is 0 Å². The summed E-state index contributed by atoms with van der Waals surface area (Å²) in [7, 11) is 2.93. The number of rotatable bonds is 7. The molecule has 0 aliphatic carbocycles. The van der Waals surface area contributed by atoms with Gasteiger partial charge in [0.05, 0.1) is 19.8 Å². The minimum Gasteiger partial charge on any atom is -0.496 e. The average molecular weight is 375 g/mol. The van der Waals surface area contributed by atoms with Gasteiger partial charge in [0.25, 0.3) is 0 Å². The number of carboxylic acids is 1. The number of fused-ring (bicyclic) bond motifs is 1. The third-order valence-corrected chi connectivity index (χ3v) is 5.03. The van der Waals surface area contributed by atoms with Crippen molar-refractivity contribution < 1.29 is 19.4 Å². The summed E-state index contributed by atoms with van der Waals surface area (Å²) in [6.07, 6.45) is 0. The summed E-state index contributed by atoms with van der Waals surface area (Å²) in [6.45, 7) is -0.259. The highest BCUT2D eigenvalue weighted by Gasteiger charge is 2.50. The molecule has 0 saturated carbocycles. The summed E-state index contributed by atoms with van der Waals surface area (Å²) in [5, 5.41) is 22.0. The number of nitriles is 1. The van der Waals surface area contributed by atoms with Gasteiger partial charge in [0.2, 0.25) is 0 Å². The van der Waals surface area contributed by atoms with Gasteiger partial charge in [-0.2, -0.15) is 5.26 Å². The van der Waals surface area contributed by atoms with Crippen molar-refractivity contribution in [1.29, 1.82) is 5.26 Å². The molecule has 5 heteroatoms. The number of methoxy groups -OCH3 is 2. The van der Waals surface area contributed by atoms with E-state index in [-0.39, 0.29) is 6.61 Å². The maximum absolute atomic E-state index is 12.4. The lowest BCUT2D eigenvalue weighted by Crippen LogP contribution is -2.41. The molecule has 0 saturated heterocycles. The SMILES string of the molecule is COC[C@@](C#N)(C(=O)O)[C@@H](c1ccccc1OC)c1cccc2ccccc12. The second kappa shape index (κ2) is 8.12. The molecule has 142 valence electrons. The van der Waals surface area contributed by atoms with E-state index in [0.29, 0.717) is 11.3 Å². The molecule has 2 atom stereocenters. The first-order valence-corrected chi connectivity index (χ1v) is 8.83. The van der Waals surface area contributed by atoms with Crippen molar-refractivity contribution in [2.45, 2.75) is 5.92 Å². The molecule has 3 aromatic carbocycles. The molecule has 5 nitrogen and oxygen atoms in total. The summed E-state index contributed by atoms with van der Waals surface area (Å²) in [5.41, 5.74) is -0.459. The lowest BCUT2D eigenvalue weighted by atomic mass is 9.68. The van der Waals surface area contributed by atoms with Crippen molar-refractivity contribution in [3.63, 3.8) is 0 Å². The molecule has 0 radical (unpaired) electrons. The van der Waals surface area contributed by atoms with Gasteiger partial charge in [0.1, 0.15) is 5.75 Å². The van der Waals surface area contributed by atoms with Gasteiger partial charge in [-0.05, 0) is 22.4 Å². The summed E-state index contributed by atoms with van der Waals surface area (Å²) >= 11 is 0. The van der Waals surface area contributed by atoms with Crippen LogP contribution in [0.2, 0.25) is 0 Å². The van der Waals surface area contributed by atoms with Crippen molar-refractivity contribution in [2.24, 2.45) is 5.41 Å². The van der Waals surface area contributed by atoms with Crippen LogP contribution in [0.1, 0.15) is 17.0 Å². The monoisotopic (exact) mass is 375 g/mol. The zero-order chi connectivity index (χ0) is 20.1. The summed E-state index contributed by atoms with van der Waals surface area (Å²) in [5.74, 6) is -1.50. The Hall–Kier alpha value is -3.36. The van der Waals surface area contributed by atoms with E-state index >= 15 is 0 Å². The molecule has 0 fully saturated rings. The number of ether oxygens (including phenoxy) is 2. The minimum absolute atomic E-state index is 0.259. The fraction of sp³-hybridized carbons (Fsp3) is 0.217. The molecular weight excluding hydrogens is 354 g/mol. The molecule has 0 spiro atoms. The lowest BCUT2D eigenvalue weighted by molar-refractivity contribution is -0.149. The van der Waals surface area contributed by atoms with Crippen LogP contribution in [-0.2, 0) is 9.53 Å². The smallest absolute Gasteiger partial charge is 0.327 e. The van der Waals surface area contributed by atoms with Crippen LogP contribution in [0.3, 0.4) is 0 Å². The van der Waals surface area contributed by atoms with Gasteiger partial charge in [0, 0.05) is 18.6 Å². The average Bonchev–Trinajstić information content (AvgIpc) is 2.73. The summed E-state index contributed by atoms with van der Waals surface area (Å²) in [6, 6.07) is 22.7. The number of nitrogens with zero attached hydrogens (tertiary/aromatic N) is 1. The van der Waals surface area contributed by atoms with E-state index in [4.69, 9.17) is 9.47 Å². The molecule has 3 aromatic rings. The number of aliphatic carboxylic acids is 1. The Balaban J connectivity index is 2.41. The molecule has 0 aliphatic rings. The number of benzene rings is 3. The summed E-state index contributed by atoms with van der Waals surface area (Å²) in [4.78, 5) is 12.4. The van der Waals surface area contributed by atoms with E-state index in [1.807, 2.05) is 60.7 Å². The molecule has 0 aliphatic heterocycles. The zero-order valence-corrected chi connectivity index (χ0v) is 15.8. The standard InChI is InChI=1S/C23H21NO4/c1-27-15-23(14-24,22(25)26)21(19-11-5-6-13-20(19)28-2)18-12-7-9-16-8-3-4-10-17(16)18/h3-13,21H,15H2,1-2H3,(H,25,26)/t21-,23-/m1/s1. The number of carbonyl (C=O) groups is 1. The predicted molar refractivity (Wildman–Crippen MR) is 106 cm³/mol. The molecule has 0 unspecified atom stereocenters. The van der Waals surface area contributed by atoms with Crippen LogP contribution in [0.25, 0.3) is 10.8 Å². The van der Waals surface area contributed by atoms with Crippen LogP contribution >= 0.6 is 0 Å². The van der Waals surface area contributed by atoms with Crippen LogP contribution in [-0.4, -0.2) is 31.9 Å². The van der Waals surface area contributed by atoms with Crippen molar-refractivity contribution in [2.75, 3.05) is 20.8 Å². The molecule has 0 amide bonds. The fourth-order valence-corrected chi connectivity index (χ4v) is 3.75. The molecule has 28 heavy (non-hydrogen) atoms. The second-order valence-electron chi connectivity index (χ2n) is 6.56. The lowest BCUT2D eigenvalue weighted by Gasteiger charge is -2.33. The highest BCUT2D eigenvalue weighted by molar-refractivity contribution is 5.89. The summed E-state index contributed by atoms with van der Waals surface area (Å²) < 4.78 is 10.7. The molecule has 3 rings (SSSR count). The molecule has 0 bridgehead atoms. The van der Waals surface area contributed by atoms with E-state index in [0.717, 1.165) is 16.3 Å². The van der Waals surface area contributed by atoms with Gasteiger partial charge in [-0.1, -0.05) is 60.7 Å². The molecule has 0 heterocycles. The van der Waals surface area contributed by atoms with Gasteiger partial charge >= 0.3 is 5.97 Å². The van der Waals surface area contributed by atoms with Crippen LogP contribution in [0, 0.1) is 16.7 Å². The van der Waals surface area contributed by atoms with Crippen molar-refractivity contribution in [3.05, 3.63) is 77.9 Å². The van der Waals surface area contributed by atoms with Crippen LogP contribution < -0.4 is 4.74 Å². The first kappa shape index (κ1) is 19.4. The predicted octanol–water partition coefficient (Wildman–Crippen LogP) is 4.22. The molecule has 0 aromatic heterocycles. The largest absolute Gasteiger partial charge is 0.496 e. The number of carboxylic acid groups (broad SMARTS) is 1. The fourth-order valence-electron chi connectivity index (χ4n) is 3.75. The highest BCUT2D eigenvalue weighted by Crippen LogP contribution is 2.46. The van der Waals surface area contributed by atoms with Gasteiger partial charge in [0.15, 0.2) is 5.41 Å². The van der Waals surface area contributed by atoms with E-state index < -0.39 is 17.3 Å². The topological polar surface area (TPSA) is 79.5 Å². The van der Waals surface area contributed by atoms with Gasteiger partial charge in [-0.3, -0.25) is 4.79 Å². The number of hydrogen-bond donors (Lipinski definition) is 1. The number of hydrogen-bond acceptors (Lipinski definition) is 4. The highest BCUT2D eigenvalue weighted by atomic mass is 16.5. The van der Waals surface area contributed by atoms with Crippen molar-refractivity contribution in [1.82, 2.24) is 0 Å². The number of para-hydroxylation sites is 1. The first-order valence-electron chi connectivity index (χ1n) is 8.83. The minimum atomic E-state index is -1.83. The van der Waals surface area contributed by atoms with Crippen molar-refractivity contribution >= 4 is 16.7 Å². The maximum Gasteiger partial charge on any atom is 0.327 e. The van der Waals surface area contributed by atoms with Crippen molar-refractivity contribution in [3.8, 4) is 11.8 Å². The van der Waals surface area contributed by atoms with Gasteiger partial charge < -0.3 is 14.6 Å². The normalized spacial score (nSPS) is 14.0. The molecular formula is C23H21NO4. The Morgan fingerprint density at radius 2 is 1.68 bits per heavy atom. The first-order chi connectivity index (χ1) is 13.6. The van der Waals surface area contributed by atoms with E-state index in [1.54, 1.807) is 12.1 Å². The van der Waals surface area contributed by atoms with Crippen LogP contribution in [0.4, 0.5) is 0 Å². The maximum atomic E-state index is 12.4. The molecule has 1 N–H and O–H groups in total. The van der Waals surface area contributed by atoms with Crippen LogP contribution in [0.15, 0.2) is 66.7 Å². The van der Waals surface area contributed by atoms with E-state index in [1.165, 1.54) is 14.2 Å². The quantitative estimate of drug-likeness (QED) is 0.669. The Bertz CT molecular complexity index is 1030.